The number of carbonyl (C=O) groups excluding carboxylic acids is 1. The number of phenolic OH excluding ortho intramolecular Hbond substituents is 2. The van der Waals surface area contributed by atoms with Gasteiger partial charge in [-0.1, -0.05) is 23.8 Å². The number of aromatic hydroxyl groups is 2. The van der Waals surface area contributed by atoms with Crippen molar-refractivity contribution in [3.05, 3.63) is 53.1 Å². The first-order chi connectivity index (χ1) is 15.0. The molecular formula is C23H29N3O5. The second-order valence-electron chi connectivity index (χ2n) is 8.14. The Morgan fingerprint density at radius 1 is 1.03 bits per heavy atom. The first-order valence-corrected chi connectivity index (χ1v) is 10.4. The summed E-state index contributed by atoms with van der Waals surface area (Å²) >= 11 is 0. The number of likely N-dealkylation sites (tertiary alicyclic amines) is 1. The Hall–Kier alpha value is -2.81. The first kappa shape index (κ1) is 21.4. The number of methoxy groups -OCH3 is 2. The van der Waals surface area contributed by atoms with Crippen LogP contribution < -0.4 is 15.6 Å². The third kappa shape index (κ3) is 3.82. The fourth-order valence-corrected chi connectivity index (χ4v) is 4.80. The molecule has 0 saturated carbocycles. The number of nitrogens with zero attached hydrogens (tertiary/aromatic N) is 1. The van der Waals surface area contributed by atoms with E-state index in [-0.39, 0.29) is 35.4 Å². The summed E-state index contributed by atoms with van der Waals surface area (Å²) in [6.07, 6.45) is 0.710. The van der Waals surface area contributed by atoms with E-state index in [1.165, 1.54) is 7.11 Å². The highest BCUT2D eigenvalue weighted by Crippen LogP contribution is 2.49. The molecule has 2 heterocycles. The largest absolute Gasteiger partial charge is 0.508 e. The second-order valence-corrected chi connectivity index (χ2v) is 8.14. The van der Waals surface area contributed by atoms with E-state index in [9.17, 15) is 15.0 Å². The quantitative estimate of drug-likeness (QED) is 0.502. The number of phenols is 2. The van der Waals surface area contributed by atoms with Gasteiger partial charge in [-0.05, 0) is 37.1 Å². The van der Waals surface area contributed by atoms with Gasteiger partial charge in [-0.3, -0.25) is 4.79 Å². The monoisotopic (exact) mass is 427 g/mol. The van der Waals surface area contributed by atoms with Gasteiger partial charge < -0.3 is 24.6 Å². The Kier molecular flexibility index (Phi) is 6.04. The predicted molar refractivity (Wildman–Crippen MR) is 115 cm³/mol. The predicted octanol–water partition coefficient (Wildman–Crippen LogP) is 2.17. The van der Waals surface area contributed by atoms with E-state index in [0.717, 1.165) is 16.7 Å². The van der Waals surface area contributed by atoms with E-state index in [0.29, 0.717) is 25.3 Å². The number of hydrazine groups is 1. The summed E-state index contributed by atoms with van der Waals surface area (Å²) in [6.45, 7) is 3.07. The van der Waals surface area contributed by atoms with E-state index in [1.807, 2.05) is 30.0 Å². The average molecular weight is 428 g/mol. The van der Waals surface area contributed by atoms with Crippen LogP contribution in [0.3, 0.4) is 0 Å². The number of hydrogen-bond acceptors (Lipinski definition) is 7. The summed E-state index contributed by atoms with van der Waals surface area (Å²) in [5.41, 5.74) is 9.05. The number of aryl methyl sites for hydroxylation is 1. The minimum absolute atomic E-state index is 0.000266. The van der Waals surface area contributed by atoms with Crippen molar-refractivity contribution < 1.29 is 24.5 Å². The van der Waals surface area contributed by atoms with Crippen LogP contribution in [0.2, 0.25) is 0 Å². The lowest BCUT2D eigenvalue weighted by Crippen LogP contribution is -2.41. The molecule has 0 radical (unpaired) electrons. The number of carbonyl (C=O) groups is 1. The van der Waals surface area contributed by atoms with Crippen molar-refractivity contribution in [3.8, 4) is 17.2 Å². The average Bonchev–Trinajstić information content (AvgIpc) is 3.30. The molecular weight excluding hydrogens is 398 g/mol. The fraction of sp³-hybridized carbons (Fsp3) is 0.435. The van der Waals surface area contributed by atoms with Gasteiger partial charge in [-0.25, -0.2) is 10.9 Å². The Labute approximate surface area is 181 Å². The van der Waals surface area contributed by atoms with Crippen LogP contribution in [0.15, 0.2) is 36.4 Å². The third-order valence-electron chi connectivity index (χ3n) is 6.22. The Morgan fingerprint density at radius 3 is 2.52 bits per heavy atom. The van der Waals surface area contributed by atoms with Gasteiger partial charge in [0.15, 0.2) is 11.5 Å². The van der Waals surface area contributed by atoms with Crippen molar-refractivity contribution in [2.24, 2.45) is 5.92 Å². The Morgan fingerprint density at radius 2 is 1.77 bits per heavy atom. The zero-order valence-corrected chi connectivity index (χ0v) is 18.0. The molecule has 8 nitrogen and oxygen atoms in total. The van der Waals surface area contributed by atoms with Crippen LogP contribution in [0.1, 0.15) is 35.2 Å². The highest BCUT2D eigenvalue weighted by atomic mass is 16.5. The number of amides is 1. The lowest BCUT2D eigenvalue weighted by atomic mass is 9.82. The number of ether oxygens (including phenoxy) is 2. The van der Waals surface area contributed by atoms with Gasteiger partial charge in [0.1, 0.15) is 11.8 Å². The van der Waals surface area contributed by atoms with E-state index in [1.54, 1.807) is 25.3 Å². The van der Waals surface area contributed by atoms with Gasteiger partial charge in [0.2, 0.25) is 5.91 Å². The van der Waals surface area contributed by atoms with Gasteiger partial charge in [0.05, 0.1) is 19.2 Å². The number of rotatable bonds is 7. The molecule has 2 fully saturated rings. The van der Waals surface area contributed by atoms with Gasteiger partial charge in [0, 0.05) is 31.7 Å². The van der Waals surface area contributed by atoms with Crippen LogP contribution in [0.5, 0.6) is 17.2 Å². The van der Waals surface area contributed by atoms with Crippen molar-refractivity contribution in [3.63, 3.8) is 0 Å². The molecule has 0 aromatic heterocycles. The first-order valence-electron chi connectivity index (χ1n) is 10.4. The SMILES string of the molecule is COCCCN1C(=O)C2NNC(c3cc(C)ccc3O)C2C1c1ccc(O)c(OC)c1. The van der Waals surface area contributed by atoms with Crippen molar-refractivity contribution in [1.82, 2.24) is 15.8 Å². The van der Waals surface area contributed by atoms with E-state index < -0.39 is 6.04 Å². The van der Waals surface area contributed by atoms with Gasteiger partial charge in [0.25, 0.3) is 0 Å². The van der Waals surface area contributed by atoms with E-state index >= 15 is 0 Å². The number of benzene rings is 2. The Balaban J connectivity index is 1.77. The zero-order chi connectivity index (χ0) is 22.1. The molecule has 4 rings (SSSR count). The molecule has 0 bridgehead atoms. The molecule has 2 aliphatic rings. The molecule has 4 atom stereocenters. The number of nitrogens with one attached hydrogen (secondary N) is 2. The minimum atomic E-state index is -0.433. The maximum Gasteiger partial charge on any atom is 0.242 e. The molecule has 2 aromatic carbocycles. The standard InChI is InChI=1S/C23H29N3O5/c1-13-5-7-16(27)15(11-13)20-19-21(25-24-20)23(29)26(9-4-10-30-2)22(19)14-6-8-17(28)18(12-14)31-3/h5-8,11-12,19-22,24-25,27-28H,4,9-10H2,1-3H3. The molecule has 0 spiro atoms. The van der Waals surface area contributed by atoms with Crippen LogP contribution >= 0.6 is 0 Å². The normalized spacial score (nSPS) is 25.1. The number of fused-ring (bicyclic) bond motifs is 1. The summed E-state index contributed by atoms with van der Waals surface area (Å²) in [7, 11) is 3.15. The van der Waals surface area contributed by atoms with Crippen LogP contribution in [-0.2, 0) is 9.53 Å². The highest BCUT2D eigenvalue weighted by molar-refractivity contribution is 5.86. The number of hydrogen-bond donors (Lipinski definition) is 4. The lowest BCUT2D eigenvalue weighted by Gasteiger charge is -2.31. The van der Waals surface area contributed by atoms with Crippen molar-refractivity contribution >= 4 is 5.91 Å². The van der Waals surface area contributed by atoms with Crippen LogP contribution in [-0.4, -0.2) is 54.4 Å². The van der Waals surface area contributed by atoms with Crippen LogP contribution in [0, 0.1) is 12.8 Å². The molecule has 31 heavy (non-hydrogen) atoms. The summed E-state index contributed by atoms with van der Waals surface area (Å²) in [6, 6.07) is 9.72. The summed E-state index contributed by atoms with van der Waals surface area (Å²) in [4.78, 5) is 15.2. The maximum atomic E-state index is 13.4. The molecule has 0 aliphatic carbocycles. The highest BCUT2D eigenvalue weighted by Gasteiger charge is 2.55. The molecule has 8 heteroatoms. The molecule has 1 amide bonds. The second kappa shape index (κ2) is 8.74. The van der Waals surface area contributed by atoms with Crippen LogP contribution in [0.25, 0.3) is 0 Å². The fourth-order valence-electron chi connectivity index (χ4n) is 4.80. The molecule has 4 unspecified atom stereocenters. The molecule has 2 aliphatic heterocycles. The van der Waals surface area contributed by atoms with Gasteiger partial charge in [-0.15, -0.1) is 0 Å². The smallest absolute Gasteiger partial charge is 0.242 e. The third-order valence-corrected chi connectivity index (χ3v) is 6.22. The summed E-state index contributed by atoms with van der Waals surface area (Å²) in [5, 5.41) is 20.6. The van der Waals surface area contributed by atoms with Crippen molar-refractivity contribution in [2.75, 3.05) is 27.4 Å². The summed E-state index contributed by atoms with van der Waals surface area (Å²) in [5.74, 6) is 0.433. The lowest BCUT2D eigenvalue weighted by molar-refractivity contribution is -0.131. The molecule has 4 N–H and O–H groups in total. The van der Waals surface area contributed by atoms with Crippen molar-refractivity contribution in [2.45, 2.75) is 31.5 Å². The minimum Gasteiger partial charge on any atom is -0.508 e. The molecule has 2 aromatic rings. The van der Waals surface area contributed by atoms with Gasteiger partial charge >= 0.3 is 0 Å². The van der Waals surface area contributed by atoms with Crippen molar-refractivity contribution in [1.29, 1.82) is 0 Å². The van der Waals surface area contributed by atoms with E-state index in [4.69, 9.17) is 9.47 Å². The Bertz CT molecular complexity index is 966. The van der Waals surface area contributed by atoms with Crippen LogP contribution in [0.4, 0.5) is 0 Å². The molecule has 2 saturated heterocycles. The maximum absolute atomic E-state index is 13.4. The molecule has 166 valence electrons. The summed E-state index contributed by atoms with van der Waals surface area (Å²) < 4.78 is 10.5. The topological polar surface area (TPSA) is 103 Å². The zero-order valence-electron chi connectivity index (χ0n) is 18.0. The van der Waals surface area contributed by atoms with E-state index in [2.05, 4.69) is 10.9 Å². The van der Waals surface area contributed by atoms with Gasteiger partial charge in [-0.2, -0.15) is 0 Å².